The summed E-state index contributed by atoms with van der Waals surface area (Å²) in [6.45, 7) is 4.89. The van der Waals surface area contributed by atoms with Crippen molar-refractivity contribution in [2.24, 2.45) is 5.92 Å². The molecule has 0 heterocycles. The zero-order valence-corrected chi connectivity index (χ0v) is 10.9. The Bertz CT molecular complexity index is 388. The van der Waals surface area contributed by atoms with Crippen molar-refractivity contribution in [1.29, 1.82) is 0 Å². The first-order chi connectivity index (χ1) is 8.15. The number of nitrogens with zero attached hydrogens (tertiary/aromatic N) is 1. The van der Waals surface area contributed by atoms with Crippen LogP contribution < -0.4 is 15.4 Å². The van der Waals surface area contributed by atoms with Gasteiger partial charge in [0.25, 0.3) is 0 Å². The van der Waals surface area contributed by atoms with E-state index in [0.29, 0.717) is 12.6 Å². The van der Waals surface area contributed by atoms with Gasteiger partial charge in [-0.2, -0.15) is 0 Å². The lowest BCUT2D eigenvalue weighted by Crippen LogP contribution is -2.31. The van der Waals surface area contributed by atoms with Crippen molar-refractivity contribution < 1.29 is 4.74 Å². The second-order valence-corrected chi connectivity index (χ2v) is 4.81. The van der Waals surface area contributed by atoms with E-state index >= 15 is 0 Å². The molecule has 0 amide bonds. The molecule has 0 bridgehead atoms. The number of hydrogen-bond acceptors (Lipinski definition) is 3. The van der Waals surface area contributed by atoms with E-state index in [1.165, 1.54) is 12.8 Å². The van der Waals surface area contributed by atoms with Gasteiger partial charge in [-0.3, -0.25) is 0 Å². The smallest absolute Gasteiger partial charge is 0.144 e. The Morgan fingerprint density at radius 1 is 1.47 bits per heavy atom. The number of anilines is 2. The summed E-state index contributed by atoms with van der Waals surface area (Å²) >= 11 is 0. The second-order valence-electron chi connectivity index (χ2n) is 4.81. The molecule has 0 saturated heterocycles. The third-order valence-electron chi connectivity index (χ3n) is 3.64. The van der Waals surface area contributed by atoms with Crippen LogP contribution >= 0.6 is 0 Å². The molecule has 3 nitrogen and oxygen atoms in total. The van der Waals surface area contributed by atoms with Crippen molar-refractivity contribution >= 4 is 11.4 Å². The Morgan fingerprint density at radius 2 is 2.18 bits per heavy atom. The molecule has 1 aliphatic carbocycles. The average Bonchev–Trinajstić information content (AvgIpc) is 3.14. The summed E-state index contributed by atoms with van der Waals surface area (Å²) in [5.74, 6) is 1.62. The minimum atomic E-state index is 0.550. The van der Waals surface area contributed by atoms with Crippen molar-refractivity contribution in [3.8, 4) is 5.75 Å². The fourth-order valence-electron chi connectivity index (χ4n) is 2.24. The maximum Gasteiger partial charge on any atom is 0.144 e. The molecule has 0 aromatic heterocycles. The number of nitrogen functional groups attached to an aromatic ring is 1. The van der Waals surface area contributed by atoms with Crippen molar-refractivity contribution in [1.82, 2.24) is 0 Å². The zero-order valence-electron chi connectivity index (χ0n) is 10.9. The van der Waals surface area contributed by atoms with Gasteiger partial charge in [0.05, 0.1) is 18.0 Å². The molecule has 94 valence electrons. The monoisotopic (exact) mass is 234 g/mol. The van der Waals surface area contributed by atoms with Crippen LogP contribution in [0.25, 0.3) is 0 Å². The highest BCUT2D eigenvalue weighted by Crippen LogP contribution is 2.39. The molecule has 1 aromatic rings. The summed E-state index contributed by atoms with van der Waals surface area (Å²) < 4.78 is 5.53. The summed E-state index contributed by atoms with van der Waals surface area (Å²) in [6, 6.07) is 6.55. The molecular formula is C14H22N2O. The van der Waals surface area contributed by atoms with E-state index in [1.54, 1.807) is 0 Å². The van der Waals surface area contributed by atoms with Crippen LogP contribution in [0.15, 0.2) is 18.2 Å². The van der Waals surface area contributed by atoms with Crippen molar-refractivity contribution in [2.45, 2.75) is 32.7 Å². The van der Waals surface area contributed by atoms with Crippen LogP contribution in [0.4, 0.5) is 11.4 Å². The van der Waals surface area contributed by atoms with Crippen LogP contribution in [0.3, 0.4) is 0 Å². The molecule has 2 N–H and O–H groups in total. The fraction of sp³-hybridized carbons (Fsp3) is 0.571. The molecule has 0 spiro atoms. The van der Waals surface area contributed by atoms with Gasteiger partial charge in [-0.25, -0.2) is 0 Å². The zero-order chi connectivity index (χ0) is 12.4. The molecule has 2 rings (SSSR count). The lowest BCUT2D eigenvalue weighted by molar-refractivity contribution is 0.342. The summed E-state index contributed by atoms with van der Waals surface area (Å²) in [4.78, 5) is 2.27. The van der Waals surface area contributed by atoms with Crippen LogP contribution in [0.5, 0.6) is 5.75 Å². The molecule has 1 aliphatic rings. The molecule has 1 unspecified atom stereocenters. The van der Waals surface area contributed by atoms with Crippen LogP contribution in [-0.2, 0) is 0 Å². The van der Waals surface area contributed by atoms with E-state index in [2.05, 4.69) is 24.9 Å². The number of ether oxygens (including phenoxy) is 1. The van der Waals surface area contributed by atoms with Crippen molar-refractivity contribution in [3.63, 3.8) is 0 Å². The third kappa shape index (κ3) is 2.48. The highest BCUT2D eigenvalue weighted by atomic mass is 16.5. The minimum absolute atomic E-state index is 0.550. The van der Waals surface area contributed by atoms with E-state index in [1.807, 2.05) is 19.1 Å². The third-order valence-corrected chi connectivity index (χ3v) is 3.64. The first-order valence-electron chi connectivity index (χ1n) is 6.39. The normalized spacial score (nSPS) is 16.6. The predicted molar refractivity (Wildman–Crippen MR) is 72.6 cm³/mol. The van der Waals surface area contributed by atoms with E-state index in [0.717, 1.165) is 23.0 Å². The Labute approximate surface area is 104 Å². The van der Waals surface area contributed by atoms with Gasteiger partial charge in [-0.1, -0.05) is 6.07 Å². The second kappa shape index (κ2) is 4.86. The minimum Gasteiger partial charge on any atom is -0.492 e. The highest BCUT2D eigenvalue weighted by Gasteiger charge is 2.31. The fourth-order valence-corrected chi connectivity index (χ4v) is 2.24. The predicted octanol–water partition coefficient (Wildman–Crippen LogP) is 2.90. The van der Waals surface area contributed by atoms with Gasteiger partial charge >= 0.3 is 0 Å². The van der Waals surface area contributed by atoms with Crippen LogP contribution in [0, 0.1) is 5.92 Å². The van der Waals surface area contributed by atoms with Crippen LogP contribution in [0.2, 0.25) is 0 Å². The van der Waals surface area contributed by atoms with E-state index in [-0.39, 0.29) is 0 Å². The molecule has 0 aliphatic heterocycles. The number of para-hydroxylation sites is 1. The summed E-state index contributed by atoms with van der Waals surface area (Å²) in [5, 5.41) is 0. The maximum atomic E-state index is 6.16. The Balaban J connectivity index is 2.21. The van der Waals surface area contributed by atoms with Gasteiger partial charge in [0.2, 0.25) is 0 Å². The first kappa shape index (κ1) is 12.1. The van der Waals surface area contributed by atoms with E-state index < -0.39 is 0 Å². The first-order valence-corrected chi connectivity index (χ1v) is 6.39. The molecule has 1 aromatic carbocycles. The number of benzene rings is 1. The van der Waals surface area contributed by atoms with Gasteiger partial charge in [0.15, 0.2) is 0 Å². The molecular weight excluding hydrogens is 212 g/mol. The standard InChI is InChI=1S/C14H22N2O/c1-4-17-13-7-5-6-12(14(13)15)16(3)10(2)11-8-9-11/h5-7,10-11H,4,8-9,15H2,1-3H3. The van der Waals surface area contributed by atoms with E-state index in [4.69, 9.17) is 10.5 Å². The largest absolute Gasteiger partial charge is 0.492 e. The number of hydrogen-bond donors (Lipinski definition) is 1. The summed E-state index contributed by atoms with van der Waals surface area (Å²) in [7, 11) is 2.12. The molecule has 3 heteroatoms. The lowest BCUT2D eigenvalue weighted by atomic mass is 10.1. The maximum absolute atomic E-state index is 6.16. The molecule has 0 radical (unpaired) electrons. The van der Waals surface area contributed by atoms with Crippen LogP contribution in [0.1, 0.15) is 26.7 Å². The highest BCUT2D eigenvalue weighted by molar-refractivity contribution is 5.74. The quantitative estimate of drug-likeness (QED) is 0.796. The SMILES string of the molecule is CCOc1cccc(N(C)C(C)C2CC2)c1N. The Kier molecular flexibility index (Phi) is 3.46. The lowest BCUT2D eigenvalue weighted by Gasteiger charge is -2.28. The van der Waals surface area contributed by atoms with E-state index in [9.17, 15) is 0 Å². The van der Waals surface area contributed by atoms with Crippen molar-refractivity contribution in [3.05, 3.63) is 18.2 Å². The van der Waals surface area contributed by atoms with Gasteiger partial charge < -0.3 is 15.4 Å². The van der Waals surface area contributed by atoms with Gasteiger partial charge in [-0.15, -0.1) is 0 Å². The number of nitrogens with two attached hydrogens (primary N) is 1. The molecule has 1 saturated carbocycles. The molecule has 1 atom stereocenters. The summed E-state index contributed by atoms with van der Waals surface area (Å²) in [5.41, 5.74) is 8.00. The van der Waals surface area contributed by atoms with Gasteiger partial charge in [0.1, 0.15) is 5.75 Å². The average molecular weight is 234 g/mol. The van der Waals surface area contributed by atoms with Crippen LogP contribution in [-0.4, -0.2) is 19.7 Å². The Hall–Kier alpha value is -1.38. The topological polar surface area (TPSA) is 38.5 Å². The molecule has 1 fully saturated rings. The number of rotatable bonds is 5. The van der Waals surface area contributed by atoms with Crippen molar-refractivity contribution in [2.75, 3.05) is 24.3 Å². The molecule has 17 heavy (non-hydrogen) atoms. The summed E-state index contributed by atoms with van der Waals surface area (Å²) in [6.07, 6.45) is 2.69. The van der Waals surface area contributed by atoms with Gasteiger partial charge in [0, 0.05) is 13.1 Å². The van der Waals surface area contributed by atoms with Gasteiger partial charge in [-0.05, 0) is 44.7 Å². The Morgan fingerprint density at radius 3 is 2.76 bits per heavy atom.